The number of hydrogen-bond donors (Lipinski definition) is 4. The van der Waals surface area contributed by atoms with E-state index in [0.29, 0.717) is 12.0 Å². The summed E-state index contributed by atoms with van der Waals surface area (Å²) in [5.74, 6) is -5.92. The molecule has 0 saturated heterocycles. The average Bonchev–Trinajstić information content (AvgIpc) is 3.20. The number of carbonyl (C=O) groups is 7. The van der Waals surface area contributed by atoms with E-state index in [4.69, 9.17) is 9.47 Å². The van der Waals surface area contributed by atoms with Gasteiger partial charge in [0, 0.05) is 38.4 Å². The van der Waals surface area contributed by atoms with Crippen LogP contribution in [0, 0.1) is 17.8 Å². The van der Waals surface area contributed by atoms with Gasteiger partial charge < -0.3 is 40.3 Å². The Hall–Kier alpha value is -5.05. The number of carbonyl (C=O) groups excluding carboxylic acids is 7. The molecule has 1 heterocycles. The van der Waals surface area contributed by atoms with Crippen LogP contribution in [-0.2, 0) is 49.5 Å². The third kappa shape index (κ3) is 14.9. The van der Waals surface area contributed by atoms with Crippen LogP contribution in [0.3, 0.4) is 0 Å². The van der Waals surface area contributed by atoms with Crippen LogP contribution in [0.5, 0.6) is 0 Å². The number of cyclic esters (lactones) is 2. The Bertz CT molecular complexity index is 1700. The van der Waals surface area contributed by atoms with Crippen molar-refractivity contribution in [3.05, 3.63) is 59.2 Å². The topological polar surface area (TPSA) is 201 Å². The van der Waals surface area contributed by atoms with Crippen LogP contribution in [0.25, 0.3) is 0 Å². The van der Waals surface area contributed by atoms with E-state index in [1.165, 1.54) is 50.7 Å². The van der Waals surface area contributed by atoms with Gasteiger partial charge in [-0.3, -0.25) is 24.0 Å². The van der Waals surface area contributed by atoms with E-state index < -0.39 is 96.4 Å². The molecule has 0 unspecified atom stereocenters. The Morgan fingerprint density at radius 3 is 2.08 bits per heavy atom. The van der Waals surface area contributed by atoms with Crippen LogP contribution in [0.4, 0.5) is 0 Å². The minimum atomic E-state index is -1.28. The Labute approximate surface area is 349 Å². The molecule has 0 bridgehead atoms. The number of nitrogens with one attached hydrogen (secondary N) is 3. The van der Waals surface area contributed by atoms with Crippen molar-refractivity contribution in [2.24, 2.45) is 17.8 Å². The predicted octanol–water partition coefficient (Wildman–Crippen LogP) is 3.24. The first-order valence-electron chi connectivity index (χ1n) is 20.5. The van der Waals surface area contributed by atoms with Gasteiger partial charge in [-0.25, -0.2) is 9.59 Å². The Morgan fingerprint density at radius 1 is 0.898 bits per heavy atom. The van der Waals surface area contributed by atoms with Gasteiger partial charge in [-0.05, 0) is 64.0 Å². The van der Waals surface area contributed by atoms with Crippen molar-refractivity contribution >= 4 is 41.5 Å². The van der Waals surface area contributed by atoms with E-state index in [9.17, 15) is 38.7 Å². The molecule has 1 aromatic rings. The number of likely N-dealkylation sites (N-methyl/N-ethyl adjacent to an activating group) is 2. The van der Waals surface area contributed by atoms with Crippen molar-refractivity contribution < 1.29 is 48.1 Å². The zero-order valence-electron chi connectivity index (χ0n) is 36.9. The van der Waals surface area contributed by atoms with Gasteiger partial charge in [0.15, 0.2) is 6.10 Å². The summed E-state index contributed by atoms with van der Waals surface area (Å²) in [5.41, 5.74) is 1.48. The second-order valence-corrected chi connectivity index (χ2v) is 16.2. The molecule has 0 aromatic heterocycles. The Morgan fingerprint density at radius 2 is 1.51 bits per heavy atom. The predicted molar refractivity (Wildman–Crippen MR) is 223 cm³/mol. The third-order valence-electron chi connectivity index (χ3n) is 10.9. The molecule has 0 spiro atoms. The first-order chi connectivity index (χ1) is 27.6. The van der Waals surface area contributed by atoms with Crippen LogP contribution >= 0.6 is 0 Å². The lowest BCUT2D eigenvalue weighted by Gasteiger charge is -2.33. The fourth-order valence-corrected chi connectivity index (χ4v) is 6.53. The number of hydrogen-bond acceptors (Lipinski definition) is 10. The first-order valence-corrected chi connectivity index (χ1v) is 20.5. The number of aliphatic hydroxyl groups excluding tert-OH is 1. The van der Waals surface area contributed by atoms with Gasteiger partial charge in [-0.2, -0.15) is 0 Å². The lowest BCUT2D eigenvalue weighted by Crippen LogP contribution is -2.57. The van der Waals surface area contributed by atoms with E-state index in [1.807, 2.05) is 26.8 Å². The van der Waals surface area contributed by atoms with Gasteiger partial charge in [-0.15, -0.1) is 0 Å². The number of benzene rings is 1. The summed E-state index contributed by atoms with van der Waals surface area (Å²) in [5, 5.41) is 19.1. The zero-order chi connectivity index (χ0) is 44.7. The number of amides is 5. The standard InChI is InChI=1S/C44H67N5O10/c1-13-26(5)37-40(53)46-31(10)44(57)58-34(29(8)38(51)27(6)14-2)21-20-28(7)43(56)59-35(22-25(3)4)39(52)45-30(9)41(54)49(12)33(23-32-18-16-15-17-19-32)42(55)48(11)24-36(50)47-37/h14-20,25-26,29-31,33-35,37-38,51H,13,21-24H2,1-12H3,(H,45,52)(H,46,53)(H,47,50)/b27-14+,28-20+/t26-,29+,30+,31+,33+,34-,35+,37-,38+/m0/s1. The second kappa shape index (κ2) is 23.5. The van der Waals surface area contributed by atoms with Crippen molar-refractivity contribution in [3.63, 3.8) is 0 Å². The molecular formula is C44H67N5O10. The van der Waals surface area contributed by atoms with Crippen LogP contribution in [0.1, 0.15) is 94.1 Å². The minimum absolute atomic E-state index is 0.0244. The van der Waals surface area contributed by atoms with Crippen LogP contribution in [0.2, 0.25) is 0 Å². The van der Waals surface area contributed by atoms with Crippen LogP contribution in [-0.4, -0.2) is 120 Å². The van der Waals surface area contributed by atoms with E-state index in [1.54, 1.807) is 58.0 Å². The molecule has 0 fully saturated rings. The van der Waals surface area contributed by atoms with Gasteiger partial charge in [0.25, 0.3) is 5.91 Å². The van der Waals surface area contributed by atoms with Crippen molar-refractivity contribution in [1.29, 1.82) is 0 Å². The largest absolute Gasteiger partial charge is 0.460 e. The van der Waals surface area contributed by atoms with Gasteiger partial charge in [0.1, 0.15) is 30.3 Å². The fraction of sp³-hybridized carbons (Fsp3) is 0.614. The summed E-state index contributed by atoms with van der Waals surface area (Å²) in [6.45, 7) is 16.4. The normalized spacial score (nSPS) is 27.0. The fourth-order valence-electron chi connectivity index (χ4n) is 6.53. The molecule has 1 aliphatic heterocycles. The quantitative estimate of drug-likeness (QED) is 0.212. The molecule has 1 aliphatic rings. The lowest BCUT2D eigenvalue weighted by molar-refractivity contribution is -0.156. The minimum Gasteiger partial charge on any atom is -0.460 e. The summed E-state index contributed by atoms with van der Waals surface area (Å²) >= 11 is 0. The maximum atomic E-state index is 14.1. The first kappa shape index (κ1) is 50.1. The third-order valence-corrected chi connectivity index (χ3v) is 10.9. The van der Waals surface area contributed by atoms with Crippen LogP contribution in [0.15, 0.2) is 53.6 Å². The highest BCUT2D eigenvalue weighted by Gasteiger charge is 2.36. The highest BCUT2D eigenvalue weighted by atomic mass is 16.6. The molecule has 328 valence electrons. The molecule has 2 rings (SSSR count). The number of ether oxygens (including phenoxy) is 2. The highest BCUT2D eigenvalue weighted by molar-refractivity contribution is 5.96. The second-order valence-electron chi connectivity index (χ2n) is 16.2. The van der Waals surface area contributed by atoms with Gasteiger partial charge in [0.05, 0.1) is 12.6 Å². The highest BCUT2D eigenvalue weighted by Crippen LogP contribution is 2.23. The molecule has 15 heteroatoms. The monoisotopic (exact) mass is 825 g/mol. The number of allylic oxidation sites excluding steroid dienone is 1. The Balaban J connectivity index is 2.65. The van der Waals surface area contributed by atoms with Crippen molar-refractivity contribution in [3.8, 4) is 0 Å². The SMILES string of the molecule is C/C=C(\C)[C@@H](O)[C@H](C)[C@@H]1C/C=C(\C)C(=O)O[C@H](CC(C)C)C(=O)N[C@H](C)C(=O)N(C)[C@H](Cc2ccccc2)C(=O)N(C)CC(=O)N[C@@H]([C@@H](C)CC)C(=O)N[C@H](C)C(=O)O1. The summed E-state index contributed by atoms with van der Waals surface area (Å²) in [7, 11) is 2.86. The molecule has 1 aromatic carbocycles. The summed E-state index contributed by atoms with van der Waals surface area (Å²) in [6.07, 6.45) is 0.658. The van der Waals surface area contributed by atoms with E-state index in [2.05, 4.69) is 16.0 Å². The lowest BCUT2D eigenvalue weighted by atomic mass is 9.90. The molecule has 59 heavy (non-hydrogen) atoms. The zero-order valence-corrected chi connectivity index (χ0v) is 36.9. The summed E-state index contributed by atoms with van der Waals surface area (Å²) in [4.78, 5) is 98.3. The molecule has 5 amide bonds. The maximum Gasteiger partial charge on any atom is 0.334 e. The van der Waals surface area contributed by atoms with Gasteiger partial charge in [-0.1, -0.05) is 83.5 Å². The number of esters is 2. The van der Waals surface area contributed by atoms with E-state index in [0.717, 1.165) is 5.56 Å². The van der Waals surface area contributed by atoms with Gasteiger partial charge in [0.2, 0.25) is 23.6 Å². The van der Waals surface area contributed by atoms with Gasteiger partial charge >= 0.3 is 11.9 Å². The van der Waals surface area contributed by atoms with Crippen molar-refractivity contribution in [2.75, 3.05) is 20.6 Å². The summed E-state index contributed by atoms with van der Waals surface area (Å²) in [6, 6.07) is 4.50. The van der Waals surface area contributed by atoms with Crippen molar-refractivity contribution in [2.45, 2.75) is 137 Å². The van der Waals surface area contributed by atoms with E-state index in [-0.39, 0.29) is 36.7 Å². The molecule has 9 atom stereocenters. The van der Waals surface area contributed by atoms with Crippen LogP contribution < -0.4 is 16.0 Å². The van der Waals surface area contributed by atoms with Crippen molar-refractivity contribution in [1.82, 2.24) is 25.8 Å². The molecule has 0 aliphatic carbocycles. The van der Waals surface area contributed by atoms with E-state index >= 15 is 0 Å². The number of rotatable bonds is 9. The Kier molecular flexibility index (Phi) is 20.0. The molecule has 4 N–H and O–H groups in total. The smallest absolute Gasteiger partial charge is 0.334 e. The average molecular weight is 826 g/mol. The molecule has 0 radical (unpaired) electrons. The number of aliphatic hydroxyl groups is 1. The number of nitrogens with zero attached hydrogens (tertiary/aromatic N) is 2. The molecule has 15 nitrogen and oxygen atoms in total. The molecule has 0 saturated carbocycles. The summed E-state index contributed by atoms with van der Waals surface area (Å²) < 4.78 is 11.6. The maximum absolute atomic E-state index is 14.1. The molecular weight excluding hydrogens is 759 g/mol.